The van der Waals surface area contributed by atoms with Crippen LogP contribution in [0.2, 0.25) is 0 Å². The number of carbonyl (C=O) groups excluding carboxylic acids is 1. The molecule has 2 amide bonds. The molecule has 0 radical (unpaired) electrons. The molecular weight excluding hydrogens is 238 g/mol. The lowest BCUT2D eigenvalue weighted by molar-refractivity contribution is -0.0316. The van der Waals surface area contributed by atoms with Gasteiger partial charge in [0, 0.05) is 6.54 Å². The highest BCUT2D eigenvalue weighted by Crippen LogP contribution is 2.30. The first kappa shape index (κ1) is 11.1. The number of urea groups is 1. The Kier molecular flexibility index (Phi) is 2.49. The van der Waals surface area contributed by atoms with Crippen molar-refractivity contribution in [1.82, 2.24) is 9.96 Å². The Hall–Kier alpha value is -1.37. The summed E-state index contributed by atoms with van der Waals surface area (Å²) in [5.41, 5.74) is 0. The highest BCUT2D eigenvalue weighted by atomic mass is 32.3. The van der Waals surface area contributed by atoms with Crippen LogP contribution < -0.4 is 0 Å². The van der Waals surface area contributed by atoms with Crippen LogP contribution in [0.4, 0.5) is 4.79 Å². The zero-order valence-electron chi connectivity index (χ0n) is 8.11. The number of piperidine rings is 1. The van der Waals surface area contributed by atoms with Crippen LogP contribution in [0.25, 0.3) is 0 Å². The van der Waals surface area contributed by atoms with Gasteiger partial charge in [0.1, 0.15) is 6.04 Å². The standard InChI is InChI=1S/C7H9N3O5S/c8-3-5-1-2-6-4-9(5)7(11)10(6)15-16(12,13)14/h5-6H,1-2,4H2,(H,12,13,14)/t5-,6?/m0/s1. The Bertz CT molecular complexity index is 455. The van der Waals surface area contributed by atoms with Crippen LogP contribution in [-0.4, -0.2) is 47.6 Å². The minimum Gasteiger partial charge on any atom is -0.305 e. The van der Waals surface area contributed by atoms with Crippen molar-refractivity contribution in [3.8, 4) is 6.07 Å². The van der Waals surface area contributed by atoms with Crippen LogP contribution in [0, 0.1) is 11.3 Å². The van der Waals surface area contributed by atoms with Crippen molar-refractivity contribution >= 4 is 16.4 Å². The van der Waals surface area contributed by atoms with Crippen LogP contribution >= 0.6 is 0 Å². The van der Waals surface area contributed by atoms with E-state index in [0.717, 1.165) is 0 Å². The lowest BCUT2D eigenvalue weighted by Crippen LogP contribution is -2.38. The molecule has 8 nitrogen and oxygen atoms in total. The number of nitrogens with zero attached hydrogens (tertiary/aromatic N) is 3. The van der Waals surface area contributed by atoms with Crippen LogP contribution in [0.3, 0.4) is 0 Å². The second-order valence-corrected chi connectivity index (χ2v) is 4.64. The molecule has 2 fully saturated rings. The van der Waals surface area contributed by atoms with Gasteiger partial charge in [-0.25, -0.2) is 4.79 Å². The van der Waals surface area contributed by atoms with Crippen molar-refractivity contribution in [2.75, 3.05) is 6.54 Å². The average Bonchev–Trinajstić information content (AvgIpc) is 2.43. The van der Waals surface area contributed by atoms with Gasteiger partial charge >= 0.3 is 16.4 Å². The third-order valence-corrected chi connectivity index (χ3v) is 3.00. The second-order valence-electron chi connectivity index (χ2n) is 3.64. The molecule has 2 aliphatic heterocycles. The highest BCUT2D eigenvalue weighted by molar-refractivity contribution is 7.80. The Balaban J connectivity index is 2.20. The minimum absolute atomic E-state index is 0.243. The van der Waals surface area contributed by atoms with Crippen molar-refractivity contribution in [3.63, 3.8) is 0 Å². The van der Waals surface area contributed by atoms with E-state index in [4.69, 9.17) is 9.81 Å². The first-order chi connectivity index (χ1) is 7.42. The Morgan fingerprint density at radius 2 is 2.19 bits per heavy atom. The number of amides is 2. The van der Waals surface area contributed by atoms with Gasteiger partial charge in [0.05, 0.1) is 12.1 Å². The predicted octanol–water partition coefficient (Wildman–Crippen LogP) is -0.487. The minimum atomic E-state index is -4.71. The van der Waals surface area contributed by atoms with Crippen LogP contribution in [0.5, 0.6) is 0 Å². The monoisotopic (exact) mass is 247 g/mol. The summed E-state index contributed by atoms with van der Waals surface area (Å²) in [7, 11) is -4.71. The van der Waals surface area contributed by atoms with Gasteiger partial charge in [0.25, 0.3) is 0 Å². The molecule has 2 heterocycles. The van der Waals surface area contributed by atoms with Gasteiger partial charge in [-0.15, -0.1) is 4.28 Å². The number of carbonyl (C=O) groups is 1. The first-order valence-electron chi connectivity index (χ1n) is 4.59. The molecule has 1 N–H and O–H groups in total. The predicted molar refractivity (Wildman–Crippen MR) is 49.0 cm³/mol. The molecule has 88 valence electrons. The molecule has 16 heavy (non-hydrogen) atoms. The number of rotatable bonds is 2. The Morgan fingerprint density at radius 1 is 1.50 bits per heavy atom. The maximum Gasteiger partial charge on any atom is 0.418 e. The van der Waals surface area contributed by atoms with Crippen molar-refractivity contribution in [1.29, 1.82) is 5.26 Å². The van der Waals surface area contributed by atoms with E-state index in [1.54, 1.807) is 0 Å². The van der Waals surface area contributed by atoms with Gasteiger partial charge in [0.2, 0.25) is 0 Å². The molecule has 2 bridgehead atoms. The van der Waals surface area contributed by atoms with Crippen molar-refractivity contribution < 1.29 is 22.0 Å². The maximum absolute atomic E-state index is 11.6. The third-order valence-electron chi connectivity index (χ3n) is 2.65. The number of hydroxylamine groups is 2. The van der Waals surface area contributed by atoms with Crippen LogP contribution in [0.1, 0.15) is 12.8 Å². The van der Waals surface area contributed by atoms with E-state index in [2.05, 4.69) is 4.28 Å². The fraction of sp³-hybridized carbons (Fsp3) is 0.714. The zero-order valence-corrected chi connectivity index (χ0v) is 8.92. The molecule has 0 aromatic rings. The van der Waals surface area contributed by atoms with Gasteiger partial charge in [-0.2, -0.15) is 18.7 Å². The van der Waals surface area contributed by atoms with Crippen molar-refractivity contribution in [3.05, 3.63) is 0 Å². The first-order valence-corrected chi connectivity index (χ1v) is 5.95. The molecule has 0 aliphatic carbocycles. The lowest BCUT2D eigenvalue weighted by atomic mass is 10.0. The zero-order chi connectivity index (χ0) is 11.9. The SMILES string of the molecule is N#C[C@@H]1CCC2CN1C(=O)N2OS(=O)(=O)O. The maximum atomic E-state index is 11.6. The topological polar surface area (TPSA) is 111 Å². The summed E-state index contributed by atoms with van der Waals surface area (Å²) in [6, 6.07) is 0.266. The summed E-state index contributed by atoms with van der Waals surface area (Å²) in [6.07, 6.45) is 0.939. The molecular formula is C7H9N3O5S. The molecule has 2 saturated heterocycles. The van der Waals surface area contributed by atoms with E-state index in [-0.39, 0.29) is 6.54 Å². The van der Waals surface area contributed by atoms with E-state index >= 15 is 0 Å². The van der Waals surface area contributed by atoms with Gasteiger partial charge in [0.15, 0.2) is 0 Å². The van der Waals surface area contributed by atoms with Crippen molar-refractivity contribution in [2.24, 2.45) is 0 Å². The van der Waals surface area contributed by atoms with E-state index in [1.807, 2.05) is 6.07 Å². The molecule has 0 aromatic carbocycles. The summed E-state index contributed by atoms with van der Waals surface area (Å²) in [5.74, 6) is 0. The highest BCUT2D eigenvalue weighted by Gasteiger charge is 2.47. The van der Waals surface area contributed by atoms with Crippen LogP contribution in [-0.2, 0) is 14.7 Å². The summed E-state index contributed by atoms with van der Waals surface area (Å²) >= 11 is 0. The van der Waals surface area contributed by atoms with Crippen LogP contribution in [0.15, 0.2) is 0 Å². The smallest absolute Gasteiger partial charge is 0.305 e. The average molecular weight is 247 g/mol. The summed E-state index contributed by atoms with van der Waals surface area (Å²) in [6.45, 7) is 0.243. The van der Waals surface area contributed by atoms with Crippen molar-refractivity contribution in [2.45, 2.75) is 24.9 Å². The van der Waals surface area contributed by atoms with E-state index in [9.17, 15) is 13.2 Å². The molecule has 2 rings (SSSR count). The molecule has 9 heteroatoms. The number of hydrogen-bond acceptors (Lipinski definition) is 5. The van der Waals surface area contributed by atoms with E-state index in [1.165, 1.54) is 4.90 Å². The molecule has 2 atom stereocenters. The molecule has 0 aromatic heterocycles. The van der Waals surface area contributed by atoms with Gasteiger partial charge in [-0.3, -0.25) is 4.55 Å². The number of hydrogen-bond donors (Lipinski definition) is 1. The summed E-state index contributed by atoms with van der Waals surface area (Å²) in [5, 5.41) is 9.39. The largest absolute Gasteiger partial charge is 0.418 e. The fourth-order valence-corrected chi connectivity index (χ4v) is 2.35. The normalized spacial score (nSPS) is 29.4. The Morgan fingerprint density at radius 3 is 2.75 bits per heavy atom. The molecule has 0 spiro atoms. The summed E-state index contributed by atoms with van der Waals surface area (Å²) in [4.78, 5) is 12.9. The van der Waals surface area contributed by atoms with E-state index in [0.29, 0.717) is 17.9 Å². The quantitative estimate of drug-likeness (QED) is 0.659. The second kappa shape index (κ2) is 3.58. The van der Waals surface area contributed by atoms with Gasteiger partial charge in [-0.05, 0) is 12.8 Å². The van der Waals surface area contributed by atoms with Gasteiger partial charge < -0.3 is 4.90 Å². The Labute approximate surface area is 91.9 Å². The van der Waals surface area contributed by atoms with Gasteiger partial charge in [-0.1, -0.05) is 0 Å². The lowest BCUT2D eigenvalue weighted by Gasteiger charge is -2.24. The fourth-order valence-electron chi connectivity index (χ4n) is 1.97. The molecule has 1 unspecified atom stereocenters. The molecule has 2 aliphatic rings. The number of fused-ring (bicyclic) bond motifs is 2. The summed E-state index contributed by atoms with van der Waals surface area (Å²) < 4.78 is 33.7. The molecule has 0 saturated carbocycles. The third kappa shape index (κ3) is 1.82. The van der Waals surface area contributed by atoms with E-state index < -0.39 is 28.5 Å². The number of nitriles is 1.